The van der Waals surface area contributed by atoms with Crippen LogP contribution in [0.1, 0.15) is 57.2 Å². The number of carbonyl (C=O) groups is 1. The zero-order valence-corrected chi connectivity index (χ0v) is 25.9. The topological polar surface area (TPSA) is 83.9 Å². The largest absolute Gasteiger partial charge is 0.494 e. The molecule has 0 amide bonds. The van der Waals surface area contributed by atoms with Gasteiger partial charge in [0.25, 0.3) is 0 Å². The van der Waals surface area contributed by atoms with Gasteiger partial charge in [0.1, 0.15) is 5.82 Å². The summed E-state index contributed by atoms with van der Waals surface area (Å²) in [6.07, 6.45) is 7.66. The molecule has 0 saturated heterocycles. The fourth-order valence-electron chi connectivity index (χ4n) is 4.62. The zero-order valence-electron chi connectivity index (χ0n) is 25.0. The predicted molar refractivity (Wildman–Crippen MR) is 164 cm³/mol. The molecule has 1 aromatic carbocycles. The molecule has 40 heavy (non-hydrogen) atoms. The van der Waals surface area contributed by atoms with E-state index in [4.69, 9.17) is 14.8 Å². The minimum absolute atomic E-state index is 0.0178. The zero-order chi connectivity index (χ0) is 29.4. The van der Waals surface area contributed by atoms with Gasteiger partial charge < -0.3 is 24.8 Å². The third-order valence-corrected chi connectivity index (χ3v) is 7.25. The SMILES string of the molecule is COc1ccccc1F.CP(C)COCC(C)(C)CN(CCCCCc1ccc2c(n1)NCCC2)CCC(=O)O. The quantitative estimate of drug-likeness (QED) is 0.174. The first-order valence-electron chi connectivity index (χ1n) is 14.3. The van der Waals surface area contributed by atoms with Crippen molar-refractivity contribution >= 4 is 19.7 Å². The van der Waals surface area contributed by atoms with Crippen molar-refractivity contribution in [1.82, 2.24) is 9.88 Å². The summed E-state index contributed by atoms with van der Waals surface area (Å²) in [5.74, 6) is 0.318. The molecule has 0 aliphatic carbocycles. The number of aliphatic carboxylic acids is 1. The monoisotopic (exact) mass is 577 g/mol. The Bertz CT molecular complexity index is 1020. The van der Waals surface area contributed by atoms with E-state index in [-0.39, 0.29) is 31.3 Å². The normalized spacial score (nSPS) is 12.9. The molecule has 1 aliphatic heterocycles. The molecule has 0 unspecified atom stereocenters. The molecule has 0 spiro atoms. The first-order valence-corrected chi connectivity index (χ1v) is 16.7. The molecule has 2 heterocycles. The van der Waals surface area contributed by atoms with Crippen LogP contribution in [0.5, 0.6) is 5.75 Å². The van der Waals surface area contributed by atoms with Crippen molar-refractivity contribution < 1.29 is 23.8 Å². The van der Waals surface area contributed by atoms with Gasteiger partial charge in [-0.2, -0.15) is 0 Å². The molecule has 2 aromatic rings. The standard InChI is InChI=1S/C24H42N3O3P.C7H7FO/c1-24(2,18-30-19-31(3)4)17-27(16-13-22(28)29)15-7-5-6-10-21-12-11-20-9-8-14-25-23(20)26-21;1-9-7-5-3-2-4-6(7)8/h11-12H,5-10,13-19H2,1-4H3,(H,25,26)(H,28,29);2-5H,1H3. The van der Waals surface area contributed by atoms with E-state index in [9.17, 15) is 9.18 Å². The lowest BCUT2D eigenvalue weighted by atomic mass is 9.93. The van der Waals surface area contributed by atoms with E-state index in [2.05, 4.69) is 54.3 Å². The number of fused-ring (bicyclic) bond motifs is 1. The second-order valence-electron chi connectivity index (χ2n) is 11.4. The van der Waals surface area contributed by atoms with Crippen LogP contribution in [0.15, 0.2) is 36.4 Å². The Morgan fingerprint density at radius 2 is 1.93 bits per heavy atom. The van der Waals surface area contributed by atoms with E-state index < -0.39 is 5.97 Å². The summed E-state index contributed by atoms with van der Waals surface area (Å²) in [5, 5.41) is 12.5. The van der Waals surface area contributed by atoms with E-state index in [1.165, 1.54) is 30.9 Å². The summed E-state index contributed by atoms with van der Waals surface area (Å²) in [4.78, 5) is 18.2. The molecule has 3 rings (SSSR count). The van der Waals surface area contributed by atoms with Gasteiger partial charge in [0.15, 0.2) is 11.6 Å². The van der Waals surface area contributed by atoms with Gasteiger partial charge in [0.2, 0.25) is 0 Å². The number of unbranched alkanes of at least 4 members (excludes halogenated alkanes) is 2. The van der Waals surface area contributed by atoms with Crippen LogP contribution >= 0.6 is 7.92 Å². The minimum atomic E-state index is -0.728. The second kappa shape index (κ2) is 18.2. The van der Waals surface area contributed by atoms with Crippen molar-refractivity contribution in [2.24, 2.45) is 5.41 Å². The number of aromatic nitrogens is 1. The molecule has 0 bridgehead atoms. The van der Waals surface area contributed by atoms with Gasteiger partial charge >= 0.3 is 5.97 Å². The molecule has 224 valence electrons. The third kappa shape index (κ3) is 13.9. The number of hydrogen-bond donors (Lipinski definition) is 2. The molecule has 0 atom stereocenters. The lowest BCUT2D eigenvalue weighted by Gasteiger charge is -2.32. The van der Waals surface area contributed by atoms with E-state index >= 15 is 0 Å². The van der Waals surface area contributed by atoms with E-state index in [1.54, 1.807) is 18.2 Å². The van der Waals surface area contributed by atoms with Crippen LogP contribution in [0.3, 0.4) is 0 Å². The highest BCUT2D eigenvalue weighted by atomic mass is 31.1. The smallest absolute Gasteiger partial charge is 0.304 e. The average Bonchev–Trinajstić information content (AvgIpc) is 2.91. The number of rotatable bonds is 16. The van der Waals surface area contributed by atoms with Crippen LogP contribution in [-0.4, -0.2) is 80.5 Å². The third-order valence-electron chi connectivity index (χ3n) is 6.55. The number of carboxylic acid groups (broad SMARTS) is 1. The van der Waals surface area contributed by atoms with Crippen LogP contribution in [0.25, 0.3) is 0 Å². The van der Waals surface area contributed by atoms with Crippen molar-refractivity contribution in [1.29, 1.82) is 0 Å². The number of benzene rings is 1. The molecular formula is C31H49FN3O4P. The van der Waals surface area contributed by atoms with Crippen LogP contribution in [0, 0.1) is 11.2 Å². The Morgan fingerprint density at radius 1 is 1.15 bits per heavy atom. The van der Waals surface area contributed by atoms with Gasteiger partial charge in [-0.1, -0.05) is 46.4 Å². The lowest BCUT2D eigenvalue weighted by molar-refractivity contribution is -0.137. The van der Waals surface area contributed by atoms with Gasteiger partial charge in [-0.25, -0.2) is 9.37 Å². The highest BCUT2D eigenvalue weighted by Crippen LogP contribution is 2.26. The summed E-state index contributed by atoms with van der Waals surface area (Å²) in [7, 11) is 1.39. The molecule has 1 aromatic heterocycles. The van der Waals surface area contributed by atoms with E-state index in [0.717, 1.165) is 70.5 Å². The number of hydrogen-bond acceptors (Lipinski definition) is 6. The summed E-state index contributed by atoms with van der Waals surface area (Å²) < 4.78 is 23.0. The van der Waals surface area contributed by atoms with Crippen LogP contribution < -0.4 is 10.1 Å². The Labute approximate surface area is 241 Å². The van der Waals surface area contributed by atoms with Crippen molar-refractivity contribution in [3.05, 3.63) is 53.5 Å². The number of aryl methyl sites for hydroxylation is 2. The summed E-state index contributed by atoms with van der Waals surface area (Å²) >= 11 is 0. The Balaban J connectivity index is 0.000000526. The van der Waals surface area contributed by atoms with Gasteiger partial charge in [-0.3, -0.25) is 4.79 Å². The fourth-order valence-corrected chi connectivity index (χ4v) is 5.07. The number of pyridine rings is 1. The highest BCUT2D eigenvalue weighted by Gasteiger charge is 2.23. The van der Waals surface area contributed by atoms with E-state index in [1.807, 2.05) is 0 Å². The maximum absolute atomic E-state index is 12.5. The fraction of sp³-hybridized carbons (Fsp3) is 0.613. The minimum Gasteiger partial charge on any atom is -0.494 e. The number of carboxylic acids is 1. The average molecular weight is 578 g/mol. The number of para-hydroxylation sites is 1. The first-order chi connectivity index (χ1) is 19.1. The summed E-state index contributed by atoms with van der Waals surface area (Å²) in [5.41, 5.74) is 2.52. The lowest BCUT2D eigenvalue weighted by Crippen LogP contribution is -2.38. The predicted octanol–water partition coefficient (Wildman–Crippen LogP) is 6.51. The van der Waals surface area contributed by atoms with Crippen molar-refractivity contribution in [2.45, 2.75) is 58.8 Å². The summed E-state index contributed by atoms with van der Waals surface area (Å²) in [6, 6.07) is 10.7. The van der Waals surface area contributed by atoms with E-state index in [0.29, 0.717) is 6.54 Å². The van der Waals surface area contributed by atoms with Crippen molar-refractivity contribution in [3.8, 4) is 5.75 Å². The maximum atomic E-state index is 12.5. The van der Waals surface area contributed by atoms with Gasteiger partial charge in [-0.15, -0.1) is 0 Å². The Kier molecular flexibility index (Phi) is 15.4. The molecule has 9 heteroatoms. The molecule has 0 fully saturated rings. The second-order valence-corrected chi connectivity index (χ2v) is 13.8. The number of methoxy groups -OCH3 is 1. The molecule has 1 aliphatic rings. The molecule has 7 nitrogen and oxygen atoms in total. The molecule has 0 radical (unpaired) electrons. The molecular weight excluding hydrogens is 528 g/mol. The molecule has 0 saturated carbocycles. The maximum Gasteiger partial charge on any atom is 0.304 e. The Morgan fingerprint density at radius 3 is 2.60 bits per heavy atom. The number of nitrogens with zero attached hydrogens (tertiary/aromatic N) is 2. The van der Waals surface area contributed by atoms with Crippen molar-refractivity contribution in [2.75, 3.05) is 64.9 Å². The molecule has 2 N–H and O–H groups in total. The number of nitrogens with one attached hydrogen (secondary N) is 1. The number of ether oxygens (including phenoxy) is 2. The highest BCUT2D eigenvalue weighted by molar-refractivity contribution is 7.55. The number of halogens is 1. The van der Waals surface area contributed by atoms with Crippen molar-refractivity contribution in [3.63, 3.8) is 0 Å². The van der Waals surface area contributed by atoms with Gasteiger partial charge in [-0.05, 0) is 75.7 Å². The Hall–Kier alpha value is -2.28. The number of anilines is 1. The van der Waals surface area contributed by atoms with Crippen LogP contribution in [0.2, 0.25) is 0 Å². The first kappa shape index (κ1) is 33.9. The summed E-state index contributed by atoms with van der Waals surface area (Å²) in [6.45, 7) is 13.0. The van der Waals surface area contributed by atoms with Crippen LogP contribution in [0.4, 0.5) is 10.2 Å². The van der Waals surface area contributed by atoms with Gasteiger partial charge in [0.05, 0.1) is 26.5 Å². The van der Waals surface area contributed by atoms with Crippen LogP contribution in [-0.2, 0) is 22.4 Å². The van der Waals surface area contributed by atoms with Gasteiger partial charge in [0, 0.05) is 30.7 Å².